The quantitative estimate of drug-likeness (QED) is 0.754. The first-order valence-electron chi connectivity index (χ1n) is 5.23. The van der Waals surface area contributed by atoms with E-state index in [0.717, 1.165) is 27.6 Å². The lowest BCUT2D eigenvalue weighted by Gasteiger charge is -2.06. The number of Topliss-reactive ketones (excluding diaryl/α,β-unsaturated/α-hetero) is 1. The molecule has 0 bridgehead atoms. The first kappa shape index (κ1) is 9.66. The molecule has 2 aromatic rings. The molecule has 0 aromatic carbocycles. The summed E-state index contributed by atoms with van der Waals surface area (Å²) in [5, 5.41) is 0.979. The van der Waals surface area contributed by atoms with Crippen LogP contribution in [0.25, 0.3) is 10.6 Å². The molecule has 16 heavy (non-hydrogen) atoms. The van der Waals surface area contributed by atoms with Crippen LogP contribution in [0, 0.1) is 0 Å². The number of carbonyl (C=O) groups is 1. The van der Waals surface area contributed by atoms with Gasteiger partial charge in [-0.1, -0.05) is 0 Å². The van der Waals surface area contributed by atoms with Gasteiger partial charge in [-0.05, 0) is 18.6 Å². The van der Waals surface area contributed by atoms with E-state index in [9.17, 15) is 4.79 Å². The predicted molar refractivity (Wildman–Crippen MR) is 62.4 cm³/mol. The summed E-state index contributed by atoms with van der Waals surface area (Å²) in [7, 11) is 0. The molecular formula is C12H10N2OS. The molecule has 3 rings (SSSR count). The van der Waals surface area contributed by atoms with Gasteiger partial charge in [-0.25, -0.2) is 4.98 Å². The maximum absolute atomic E-state index is 11.3. The van der Waals surface area contributed by atoms with E-state index in [1.54, 1.807) is 17.5 Å². The van der Waals surface area contributed by atoms with Gasteiger partial charge < -0.3 is 0 Å². The van der Waals surface area contributed by atoms with Crippen LogP contribution in [0.3, 0.4) is 0 Å². The van der Waals surface area contributed by atoms with Crippen LogP contribution in [0.5, 0.6) is 0 Å². The van der Waals surface area contributed by atoms with Crippen LogP contribution in [0.1, 0.15) is 17.0 Å². The third-order valence-corrected chi connectivity index (χ3v) is 3.83. The molecule has 2 aromatic heterocycles. The molecule has 2 heterocycles. The van der Waals surface area contributed by atoms with Gasteiger partial charge in [0.2, 0.25) is 0 Å². The van der Waals surface area contributed by atoms with Crippen molar-refractivity contribution in [3.8, 4) is 10.6 Å². The maximum atomic E-state index is 11.3. The van der Waals surface area contributed by atoms with Gasteiger partial charge in [-0.3, -0.25) is 9.78 Å². The molecule has 0 fully saturated rings. The molecule has 0 N–H and O–H groups in total. The fraction of sp³-hybridized carbons (Fsp3) is 0.250. The Balaban J connectivity index is 2.02. The Morgan fingerprint density at radius 2 is 2.25 bits per heavy atom. The Labute approximate surface area is 97.2 Å². The average molecular weight is 230 g/mol. The van der Waals surface area contributed by atoms with Crippen LogP contribution in [0.4, 0.5) is 0 Å². The van der Waals surface area contributed by atoms with Gasteiger partial charge in [0.15, 0.2) is 0 Å². The maximum Gasteiger partial charge on any atom is 0.138 e. The lowest BCUT2D eigenvalue weighted by molar-refractivity contribution is -0.118. The minimum absolute atomic E-state index is 0.328. The van der Waals surface area contributed by atoms with Crippen molar-refractivity contribution in [1.82, 2.24) is 9.97 Å². The van der Waals surface area contributed by atoms with Crippen molar-refractivity contribution in [2.24, 2.45) is 0 Å². The third-order valence-electron chi connectivity index (χ3n) is 2.69. The smallest absolute Gasteiger partial charge is 0.138 e. The van der Waals surface area contributed by atoms with Gasteiger partial charge in [-0.2, -0.15) is 0 Å². The Morgan fingerprint density at radius 3 is 3.06 bits per heavy atom. The number of carbonyl (C=O) groups excluding carboxylic acids is 1. The molecule has 1 aliphatic rings. The second kappa shape index (κ2) is 3.79. The van der Waals surface area contributed by atoms with E-state index < -0.39 is 0 Å². The monoisotopic (exact) mass is 230 g/mol. The highest BCUT2D eigenvalue weighted by Gasteiger charge is 2.20. The van der Waals surface area contributed by atoms with E-state index in [-0.39, 0.29) is 0 Å². The Hall–Kier alpha value is -1.55. The standard InChI is InChI=1S/C12H10N2OS/c15-9-3-4-10-11(6-9)16-12(14-10)8-2-1-5-13-7-8/h1-2,5,7H,3-4,6H2. The molecule has 0 aliphatic heterocycles. The molecule has 1 aliphatic carbocycles. The number of nitrogens with zero attached hydrogens (tertiary/aromatic N) is 2. The zero-order chi connectivity index (χ0) is 11.0. The number of rotatable bonds is 1. The number of hydrogen-bond acceptors (Lipinski definition) is 4. The van der Waals surface area contributed by atoms with Crippen molar-refractivity contribution in [2.75, 3.05) is 0 Å². The number of ketones is 1. The molecule has 3 nitrogen and oxygen atoms in total. The highest BCUT2D eigenvalue weighted by molar-refractivity contribution is 7.15. The first-order chi connectivity index (χ1) is 7.83. The first-order valence-corrected chi connectivity index (χ1v) is 6.05. The second-order valence-electron chi connectivity index (χ2n) is 3.85. The van der Waals surface area contributed by atoms with Gasteiger partial charge in [0.1, 0.15) is 10.8 Å². The van der Waals surface area contributed by atoms with Crippen molar-refractivity contribution in [1.29, 1.82) is 0 Å². The highest BCUT2D eigenvalue weighted by Crippen LogP contribution is 2.31. The highest BCUT2D eigenvalue weighted by atomic mass is 32.1. The van der Waals surface area contributed by atoms with Crippen LogP contribution in [0.15, 0.2) is 24.5 Å². The number of fused-ring (bicyclic) bond motifs is 1. The summed E-state index contributed by atoms with van der Waals surface area (Å²) in [5.41, 5.74) is 2.14. The summed E-state index contributed by atoms with van der Waals surface area (Å²) in [6.07, 6.45) is 5.56. The summed E-state index contributed by atoms with van der Waals surface area (Å²) in [6.45, 7) is 0. The van der Waals surface area contributed by atoms with Crippen molar-refractivity contribution in [3.05, 3.63) is 35.1 Å². The van der Waals surface area contributed by atoms with E-state index in [4.69, 9.17) is 0 Å². The van der Waals surface area contributed by atoms with E-state index >= 15 is 0 Å². The molecule has 0 unspecified atom stereocenters. The summed E-state index contributed by atoms with van der Waals surface area (Å²) in [6, 6.07) is 3.90. The largest absolute Gasteiger partial charge is 0.299 e. The van der Waals surface area contributed by atoms with Crippen LogP contribution in [-0.2, 0) is 17.6 Å². The fourth-order valence-electron chi connectivity index (χ4n) is 1.85. The average Bonchev–Trinajstić information content (AvgIpc) is 2.73. The Kier molecular flexibility index (Phi) is 2.29. The molecule has 0 amide bonds. The van der Waals surface area contributed by atoms with Crippen LogP contribution >= 0.6 is 11.3 Å². The molecule has 80 valence electrons. The van der Waals surface area contributed by atoms with Crippen molar-refractivity contribution >= 4 is 17.1 Å². The topological polar surface area (TPSA) is 42.9 Å². The third kappa shape index (κ3) is 1.65. The van der Waals surface area contributed by atoms with Crippen molar-refractivity contribution < 1.29 is 4.79 Å². The number of aryl methyl sites for hydroxylation is 1. The zero-order valence-electron chi connectivity index (χ0n) is 8.64. The van der Waals surface area contributed by atoms with Crippen LogP contribution in [0.2, 0.25) is 0 Å². The van der Waals surface area contributed by atoms with Crippen LogP contribution < -0.4 is 0 Å². The summed E-state index contributed by atoms with van der Waals surface area (Å²) >= 11 is 1.62. The lowest BCUT2D eigenvalue weighted by atomic mass is 10.0. The van der Waals surface area contributed by atoms with E-state index in [1.807, 2.05) is 18.3 Å². The number of hydrogen-bond donors (Lipinski definition) is 0. The van der Waals surface area contributed by atoms with E-state index in [0.29, 0.717) is 18.6 Å². The van der Waals surface area contributed by atoms with Gasteiger partial charge in [0.05, 0.1) is 5.69 Å². The minimum atomic E-state index is 0.328. The number of pyridine rings is 1. The van der Waals surface area contributed by atoms with Crippen molar-refractivity contribution in [3.63, 3.8) is 0 Å². The normalized spacial score (nSPS) is 14.9. The van der Waals surface area contributed by atoms with Gasteiger partial charge >= 0.3 is 0 Å². The molecular weight excluding hydrogens is 220 g/mol. The summed E-state index contributed by atoms with van der Waals surface area (Å²) in [5.74, 6) is 0.328. The fourth-order valence-corrected chi connectivity index (χ4v) is 2.98. The van der Waals surface area contributed by atoms with E-state index in [2.05, 4.69) is 9.97 Å². The Bertz CT molecular complexity index is 533. The molecule has 0 saturated carbocycles. The molecule has 0 radical (unpaired) electrons. The minimum Gasteiger partial charge on any atom is -0.299 e. The predicted octanol–water partition coefficient (Wildman–Crippen LogP) is 2.26. The second-order valence-corrected chi connectivity index (χ2v) is 4.93. The zero-order valence-corrected chi connectivity index (χ0v) is 9.46. The molecule has 0 spiro atoms. The Morgan fingerprint density at radius 1 is 1.31 bits per heavy atom. The molecule has 0 saturated heterocycles. The summed E-state index contributed by atoms with van der Waals surface area (Å²) in [4.78, 5) is 21.1. The van der Waals surface area contributed by atoms with Crippen LogP contribution in [-0.4, -0.2) is 15.8 Å². The van der Waals surface area contributed by atoms with Gasteiger partial charge in [0, 0.05) is 35.7 Å². The SMILES string of the molecule is O=C1CCc2nc(-c3cccnc3)sc2C1. The lowest BCUT2D eigenvalue weighted by Crippen LogP contribution is -2.11. The molecule has 4 heteroatoms. The van der Waals surface area contributed by atoms with E-state index in [1.165, 1.54) is 0 Å². The van der Waals surface area contributed by atoms with Gasteiger partial charge in [-0.15, -0.1) is 11.3 Å². The molecule has 0 atom stereocenters. The number of aromatic nitrogens is 2. The van der Waals surface area contributed by atoms with Gasteiger partial charge in [0.25, 0.3) is 0 Å². The summed E-state index contributed by atoms with van der Waals surface area (Å²) < 4.78 is 0. The number of thiazole rings is 1. The van der Waals surface area contributed by atoms with Crippen molar-refractivity contribution in [2.45, 2.75) is 19.3 Å².